The van der Waals surface area contributed by atoms with Gasteiger partial charge in [0.05, 0.1) is 5.52 Å². The highest BCUT2D eigenvalue weighted by Gasteiger charge is 2.16. The van der Waals surface area contributed by atoms with Crippen molar-refractivity contribution in [3.8, 4) is 5.88 Å². The van der Waals surface area contributed by atoms with E-state index in [-0.39, 0.29) is 17.8 Å². The molecule has 0 amide bonds. The third-order valence-corrected chi connectivity index (χ3v) is 6.62. The van der Waals surface area contributed by atoms with Crippen molar-refractivity contribution >= 4 is 24.8 Å². The molecule has 32 heavy (non-hydrogen) atoms. The van der Waals surface area contributed by atoms with E-state index in [0.29, 0.717) is 18.3 Å². The second-order valence-electron chi connectivity index (χ2n) is 10.5. The van der Waals surface area contributed by atoms with Crippen molar-refractivity contribution in [2.24, 2.45) is 0 Å². The maximum Gasteiger partial charge on any atom is 0.214 e. The number of aromatic nitrogens is 3. The first-order valence-electron chi connectivity index (χ1n) is 11.1. The summed E-state index contributed by atoms with van der Waals surface area (Å²) < 4.78 is 13.5. The molecule has 6 nitrogen and oxygen atoms in total. The van der Waals surface area contributed by atoms with Gasteiger partial charge in [-0.05, 0) is 57.0 Å². The molecule has 0 saturated carbocycles. The van der Waals surface area contributed by atoms with Gasteiger partial charge in [0.25, 0.3) is 0 Å². The minimum absolute atomic E-state index is 0.0369. The van der Waals surface area contributed by atoms with E-state index in [1.165, 1.54) is 0 Å². The Hall–Kier alpha value is -2.51. The molecule has 0 N–H and O–H groups in total. The molecule has 0 aliphatic carbocycles. The molecule has 0 radical (unpaired) electrons. The fourth-order valence-corrected chi connectivity index (χ4v) is 4.11. The fraction of sp³-hybridized carbons (Fsp3) is 0.480. The number of Topliss-reactive ketones (excluding diaryl/α,β-unsaturated/α-hetero) is 1. The first-order valence-corrected chi connectivity index (χ1v) is 14.8. The molecule has 0 saturated heterocycles. The van der Waals surface area contributed by atoms with Crippen molar-refractivity contribution in [2.45, 2.75) is 72.1 Å². The highest BCUT2D eigenvalue weighted by atomic mass is 28.3. The van der Waals surface area contributed by atoms with Gasteiger partial charge in [0.1, 0.15) is 18.0 Å². The van der Waals surface area contributed by atoms with Crippen LogP contribution in [0.3, 0.4) is 0 Å². The van der Waals surface area contributed by atoms with Crippen LogP contribution < -0.4 is 4.74 Å². The normalized spacial score (nSPS) is 12.3. The Morgan fingerprint density at radius 3 is 2.59 bits per heavy atom. The standard InChI is InChI=1S/C25H35N3O3Si/c1-18-13-19(15-22(29)21-9-8-10-23(26-21)31-25(2,3)4)14-20-16-28(27-24(18)20)17-30-11-12-32(5,6)7/h8-10,13-14,16H,11-12,15,17H2,1-7H3. The molecule has 172 valence electrons. The molecule has 3 rings (SSSR count). The number of carbonyl (C=O) groups excluding carboxylic acids is 1. The average molecular weight is 454 g/mol. The molecule has 0 bridgehead atoms. The van der Waals surface area contributed by atoms with E-state index in [9.17, 15) is 4.79 Å². The predicted octanol–water partition coefficient (Wildman–Crippen LogP) is 5.65. The molecule has 0 unspecified atom stereocenters. The minimum atomic E-state index is -1.10. The molecule has 0 aliphatic heterocycles. The molecule has 7 heteroatoms. The van der Waals surface area contributed by atoms with Crippen molar-refractivity contribution in [1.82, 2.24) is 14.8 Å². The lowest BCUT2D eigenvalue weighted by atomic mass is 10.0. The first-order chi connectivity index (χ1) is 14.9. The highest BCUT2D eigenvalue weighted by molar-refractivity contribution is 6.76. The Morgan fingerprint density at radius 2 is 1.91 bits per heavy atom. The van der Waals surface area contributed by atoms with Gasteiger partial charge in [-0.1, -0.05) is 31.8 Å². The Bertz CT molecular complexity index is 1090. The fourth-order valence-electron chi connectivity index (χ4n) is 3.36. The van der Waals surface area contributed by atoms with Gasteiger partial charge in [-0.2, -0.15) is 5.10 Å². The van der Waals surface area contributed by atoms with Crippen LogP contribution in [0.25, 0.3) is 10.9 Å². The van der Waals surface area contributed by atoms with Crippen LogP contribution in [0.5, 0.6) is 5.88 Å². The van der Waals surface area contributed by atoms with E-state index >= 15 is 0 Å². The summed E-state index contributed by atoms with van der Waals surface area (Å²) in [5.41, 5.74) is 2.98. The number of aryl methyl sites for hydroxylation is 1. The lowest BCUT2D eigenvalue weighted by Crippen LogP contribution is -2.24. The molecular formula is C25H35N3O3Si. The maximum atomic E-state index is 12.9. The van der Waals surface area contributed by atoms with Crippen molar-refractivity contribution in [1.29, 1.82) is 0 Å². The number of ketones is 1. The van der Waals surface area contributed by atoms with E-state index < -0.39 is 8.07 Å². The van der Waals surface area contributed by atoms with Crippen molar-refractivity contribution in [3.63, 3.8) is 0 Å². The number of benzene rings is 1. The Kier molecular flexibility index (Phi) is 7.20. The van der Waals surface area contributed by atoms with Crippen LogP contribution in [0.15, 0.2) is 36.5 Å². The smallest absolute Gasteiger partial charge is 0.214 e. The number of pyridine rings is 1. The number of ether oxygens (including phenoxy) is 2. The average Bonchev–Trinajstić information content (AvgIpc) is 3.07. The molecular weight excluding hydrogens is 418 g/mol. The van der Waals surface area contributed by atoms with E-state index in [2.05, 4.69) is 29.7 Å². The summed E-state index contributed by atoms with van der Waals surface area (Å²) in [6.07, 6.45) is 2.27. The second kappa shape index (κ2) is 9.54. The molecule has 0 fully saturated rings. The monoisotopic (exact) mass is 453 g/mol. The van der Waals surface area contributed by atoms with Crippen molar-refractivity contribution < 1.29 is 14.3 Å². The Labute approximate surface area is 192 Å². The van der Waals surface area contributed by atoms with Crippen LogP contribution >= 0.6 is 0 Å². The SMILES string of the molecule is Cc1cc(CC(=O)c2cccc(OC(C)(C)C)n2)cc2cn(COCC[Si](C)(C)C)nc12. The number of rotatable bonds is 9. The number of nitrogens with zero attached hydrogens (tertiary/aromatic N) is 3. The number of hydrogen-bond donors (Lipinski definition) is 0. The van der Waals surface area contributed by atoms with Gasteiger partial charge in [-0.25, -0.2) is 9.67 Å². The molecule has 1 aromatic carbocycles. The van der Waals surface area contributed by atoms with Crippen LogP contribution in [0.2, 0.25) is 25.7 Å². The van der Waals surface area contributed by atoms with Gasteiger partial charge in [-0.15, -0.1) is 0 Å². The topological polar surface area (TPSA) is 66.2 Å². The van der Waals surface area contributed by atoms with Crippen molar-refractivity contribution in [3.05, 3.63) is 53.3 Å². The third-order valence-electron chi connectivity index (χ3n) is 4.91. The summed E-state index contributed by atoms with van der Waals surface area (Å²) in [4.78, 5) is 17.3. The zero-order valence-corrected chi connectivity index (χ0v) is 21.4. The van der Waals surface area contributed by atoms with Crippen LogP contribution in [0.4, 0.5) is 0 Å². The lowest BCUT2D eigenvalue weighted by Gasteiger charge is -2.20. The molecule has 0 atom stereocenters. The summed E-state index contributed by atoms with van der Waals surface area (Å²) >= 11 is 0. The summed E-state index contributed by atoms with van der Waals surface area (Å²) in [5, 5.41) is 5.67. The largest absolute Gasteiger partial charge is 0.472 e. The van der Waals surface area contributed by atoms with E-state index in [1.807, 2.05) is 56.8 Å². The van der Waals surface area contributed by atoms with Crippen molar-refractivity contribution in [2.75, 3.05) is 6.61 Å². The minimum Gasteiger partial charge on any atom is -0.472 e. The van der Waals surface area contributed by atoms with Gasteiger partial charge in [0.2, 0.25) is 5.88 Å². The summed E-state index contributed by atoms with van der Waals surface area (Å²) in [7, 11) is -1.10. The molecule has 2 heterocycles. The first kappa shape index (κ1) is 24.1. The maximum absolute atomic E-state index is 12.9. The van der Waals surface area contributed by atoms with Gasteiger partial charge in [-0.3, -0.25) is 4.79 Å². The van der Waals surface area contributed by atoms with Gasteiger partial charge < -0.3 is 9.47 Å². The second-order valence-corrected chi connectivity index (χ2v) is 16.2. The molecule has 2 aromatic heterocycles. The van der Waals surface area contributed by atoms with Gasteiger partial charge >= 0.3 is 0 Å². The van der Waals surface area contributed by atoms with E-state index in [1.54, 1.807) is 12.1 Å². The summed E-state index contributed by atoms with van der Waals surface area (Å²) in [6.45, 7) is 16.1. The Morgan fingerprint density at radius 1 is 1.16 bits per heavy atom. The molecule has 0 spiro atoms. The van der Waals surface area contributed by atoms with Gasteiger partial charge in [0, 0.05) is 38.8 Å². The predicted molar refractivity (Wildman–Crippen MR) is 131 cm³/mol. The summed E-state index contributed by atoms with van der Waals surface area (Å²) in [6, 6.07) is 10.5. The number of carbonyl (C=O) groups is 1. The van der Waals surface area contributed by atoms with Crippen LogP contribution in [-0.2, 0) is 17.9 Å². The lowest BCUT2D eigenvalue weighted by molar-refractivity contribution is 0.0791. The van der Waals surface area contributed by atoms with Crippen LogP contribution in [0, 0.1) is 6.92 Å². The number of hydrogen-bond acceptors (Lipinski definition) is 5. The van der Waals surface area contributed by atoms with E-state index in [0.717, 1.165) is 34.7 Å². The molecule has 3 aromatic rings. The van der Waals surface area contributed by atoms with Gasteiger partial charge in [0.15, 0.2) is 5.78 Å². The third kappa shape index (κ3) is 7.00. The van der Waals surface area contributed by atoms with Crippen LogP contribution in [0.1, 0.15) is 42.4 Å². The molecule has 0 aliphatic rings. The Balaban J connectivity index is 1.70. The quantitative estimate of drug-likeness (QED) is 0.238. The zero-order valence-electron chi connectivity index (χ0n) is 20.4. The number of fused-ring (bicyclic) bond motifs is 1. The zero-order chi connectivity index (χ0) is 23.5. The van der Waals surface area contributed by atoms with Crippen LogP contribution in [-0.4, -0.2) is 40.8 Å². The van der Waals surface area contributed by atoms with E-state index in [4.69, 9.17) is 9.47 Å². The highest BCUT2D eigenvalue weighted by Crippen LogP contribution is 2.22. The summed E-state index contributed by atoms with van der Waals surface area (Å²) in [5.74, 6) is 0.426.